The minimum atomic E-state index is -0.965. The first kappa shape index (κ1) is 28.8. The van der Waals surface area contributed by atoms with Gasteiger partial charge in [0.2, 0.25) is 17.7 Å². The quantitative estimate of drug-likeness (QED) is 0.408. The highest BCUT2D eigenvalue weighted by Crippen LogP contribution is 2.61. The Balaban J connectivity index is 1.31. The Bertz CT molecular complexity index is 1660. The predicted octanol–water partition coefficient (Wildman–Crippen LogP) is 3.09. The average molecular weight is 613 g/mol. The normalized spacial score (nSPS) is 28.8. The van der Waals surface area contributed by atoms with Crippen molar-refractivity contribution in [3.63, 3.8) is 0 Å². The smallest absolute Gasteiger partial charge is 0.248 e. The third kappa shape index (κ3) is 4.47. The maximum absolute atomic E-state index is 14.8. The Morgan fingerprint density at radius 3 is 2.52 bits per heavy atom. The molecule has 0 bridgehead atoms. The molecule has 5 heterocycles. The van der Waals surface area contributed by atoms with Gasteiger partial charge in [-0.25, -0.2) is 4.68 Å². The molecule has 10 nitrogen and oxygen atoms in total. The SMILES string of the molecule is CC(C)C[C@H](CO)N1C(=O)[C@@H]2[C@H]3C(=O)N(c4ccccc4)CC=C[C@H]3S[C@@]23C=CCN(Cn2nnc4ccccc42)C(=O)C13. The molecule has 0 aliphatic carbocycles. The molecule has 6 atom stereocenters. The van der Waals surface area contributed by atoms with Gasteiger partial charge in [0, 0.05) is 24.0 Å². The number of aromatic nitrogens is 3. The second kappa shape index (κ2) is 11.2. The topological polar surface area (TPSA) is 112 Å². The summed E-state index contributed by atoms with van der Waals surface area (Å²) in [5, 5.41) is 18.9. The fourth-order valence-corrected chi connectivity index (χ4v) is 9.48. The second-order valence-electron chi connectivity index (χ2n) is 12.4. The van der Waals surface area contributed by atoms with Crippen molar-refractivity contribution in [2.24, 2.45) is 17.8 Å². The van der Waals surface area contributed by atoms with Gasteiger partial charge in [-0.05, 0) is 36.6 Å². The predicted molar refractivity (Wildman–Crippen MR) is 168 cm³/mol. The van der Waals surface area contributed by atoms with Crippen molar-refractivity contribution >= 4 is 46.2 Å². The Labute approximate surface area is 260 Å². The summed E-state index contributed by atoms with van der Waals surface area (Å²) < 4.78 is 0.734. The van der Waals surface area contributed by atoms with Crippen LogP contribution in [0.5, 0.6) is 0 Å². The lowest BCUT2D eigenvalue weighted by Gasteiger charge is -2.39. The highest BCUT2D eigenvalue weighted by Gasteiger charge is 2.71. The van der Waals surface area contributed by atoms with Crippen LogP contribution in [0.25, 0.3) is 11.0 Å². The van der Waals surface area contributed by atoms with Gasteiger partial charge in [-0.3, -0.25) is 14.4 Å². The zero-order chi connectivity index (χ0) is 30.6. The lowest BCUT2D eigenvalue weighted by Crippen LogP contribution is -2.56. The molecule has 1 spiro atoms. The Hall–Kier alpha value is -3.96. The zero-order valence-corrected chi connectivity index (χ0v) is 25.6. The van der Waals surface area contributed by atoms with Crippen molar-refractivity contribution in [2.45, 2.75) is 49.0 Å². The summed E-state index contributed by atoms with van der Waals surface area (Å²) in [6.45, 7) is 4.71. The Kier molecular flexibility index (Phi) is 7.32. The number of likely N-dealkylation sites (tertiary alicyclic amines) is 1. The molecule has 4 aliphatic heterocycles. The van der Waals surface area contributed by atoms with Crippen LogP contribution in [0.2, 0.25) is 0 Å². The van der Waals surface area contributed by atoms with Gasteiger partial charge >= 0.3 is 0 Å². The molecule has 7 rings (SSSR count). The van der Waals surface area contributed by atoms with Crippen LogP contribution in [0, 0.1) is 17.8 Å². The number of anilines is 1. The number of benzene rings is 2. The molecule has 2 fully saturated rings. The van der Waals surface area contributed by atoms with Gasteiger partial charge < -0.3 is 19.8 Å². The van der Waals surface area contributed by atoms with E-state index in [-0.39, 0.29) is 42.2 Å². The van der Waals surface area contributed by atoms with Crippen molar-refractivity contribution in [1.29, 1.82) is 0 Å². The summed E-state index contributed by atoms with van der Waals surface area (Å²) in [6.07, 6.45) is 8.54. The minimum absolute atomic E-state index is 0.116. The molecule has 3 amide bonds. The largest absolute Gasteiger partial charge is 0.394 e. The number of carbonyl (C=O) groups is 3. The van der Waals surface area contributed by atoms with Gasteiger partial charge in [0.25, 0.3) is 0 Å². The van der Waals surface area contributed by atoms with E-state index in [0.717, 1.165) is 16.7 Å². The van der Waals surface area contributed by atoms with E-state index >= 15 is 0 Å². The van der Waals surface area contributed by atoms with E-state index in [4.69, 9.17) is 0 Å². The van der Waals surface area contributed by atoms with Gasteiger partial charge in [0.15, 0.2) is 0 Å². The molecule has 3 aromatic rings. The van der Waals surface area contributed by atoms with Crippen LogP contribution in [0.1, 0.15) is 20.3 Å². The Morgan fingerprint density at radius 1 is 0.977 bits per heavy atom. The van der Waals surface area contributed by atoms with Crippen molar-refractivity contribution in [2.75, 3.05) is 24.6 Å². The molecule has 228 valence electrons. The number of aliphatic hydroxyl groups excluding tert-OH is 1. The highest BCUT2D eigenvalue weighted by molar-refractivity contribution is 8.02. The summed E-state index contributed by atoms with van der Waals surface area (Å²) in [6, 6.07) is 15.7. The molecule has 0 radical (unpaired) electrons. The van der Waals surface area contributed by atoms with Crippen molar-refractivity contribution in [3.05, 3.63) is 78.9 Å². The second-order valence-corrected chi connectivity index (χ2v) is 13.9. The number of hydrogen-bond acceptors (Lipinski definition) is 7. The first-order valence-corrected chi connectivity index (χ1v) is 16.1. The summed E-state index contributed by atoms with van der Waals surface area (Å²) >= 11 is 1.55. The van der Waals surface area contributed by atoms with Crippen LogP contribution in [-0.4, -0.2) is 89.4 Å². The molecule has 2 aromatic carbocycles. The van der Waals surface area contributed by atoms with Crippen LogP contribution in [0.4, 0.5) is 5.69 Å². The van der Waals surface area contributed by atoms with E-state index in [2.05, 4.69) is 10.3 Å². The van der Waals surface area contributed by atoms with Gasteiger partial charge in [-0.2, -0.15) is 0 Å². The number of para-hydroxylation sites is 2. The van der Waals surface area contributed by atoms with Crippen LogP contribution >= 0.6 is 11.8 Å². The maximum atomic E-state index is 14.8. The van der Waals surface area contributed by atoms with E-state index in [1.165, 1.54) is 0 Å². The number of carbonyl (C=O) groups excluding carboxylic acids is 3. The molecular weight excluding hydrogens is 576 g/mol. The van der Waals surface area contributed by atoms with Gasteiger partial charge in [-0.1, -0.05) is 73.7 Å². The monoisotopic (exact) mass is 612 g/mol. The van der Waals surface area contributed by atoms with Crippen LogP contribution < -0.4 is 4.90 Å². The van der Waals surface area contributed by atoms with E-state index in [0.29, 0.717) is 19.5 Å². The number of nitrogens with zero attached hydrogens (tertiary/aromatic N) is 6. The first-order chi connectivity index (χ1) is 21.3. The van der Waals surface area contributed by atoms with E-state index in [9.17, 15) is 19.5 Å². The molecule has 4 aliphatic rings. The van der Waals surface area contributed by atoms with E-state index in [1.807, 2.05) is 92.7 Å². The number of hydrogen-bond donors (Lipinski definition) is 1. The maximum Gasteiger partial charge on any atom is 0.248 e. The summed E-state index contributed by atoms with van der Waals surface area (Å²) in [7, 11) is 0. The molecule has 44 heavy (non-hydrogen) atoms. The minimum Gasteiger partial charge on any atom is -0.394 e. The fraction of sp³-hybridized carbons (Fsp3) is 0.424. The molecule has 1 N–H and O–H groups in total. The van der Waals surface area contributed by atoms with Crippen LogP contribution in [-0.2, 0) is 21.1 Å². The molecule has 2 saturated heterocycles. The van der Waals surface area contributed by atoms with Crippen molar-refractivity contribution in [1.82, 2.24) is 24.8 Å². The number of rotatable bonds is 7. The number of amides is 3. The zero-order valence-electron chi connectivity index (χ0n) is 24.8. The molecule has 0 saturated carbocycles. The molecule has 1 aromatic heterocycles. The highest BCUT2D eigenvalue weighted by atomic mass is 32.2. The summed E-state index contributed by atoms with van der Waals surface area (Å²) in [5.41, 5.74) is 2.32. The standard InChI is InChI=1S/C33H36N6O4S/c1-21(2)18-23(19-40)39-29-32(43)36(20-38-25-13-7-6-12-24(25)34-35-38)16-9-15-33(29)28(31(39)42)27-26(44-33)14-8-17-37(30(27)41)22-10-4-3-5-11-22/h3-15,21,23,26-29,40H,16-20H2,1-2H3/t23-,26-,27+,28+,29?,33+/m1/s1. The third-order valence-electron chi connectivity index (χ3n) is 9.32. The molecule has 1 unspecified atom stereocenters. The fourth-order valence-electron chi connectivity index (χ4n) is 7.49. The number of fused-ring (bicyclic) bond motifs is 3. The van der Waals surface area contributed by atoms with Gasteiger partial charge in [-0.15, -0.1) is 16.9 Å². The molecular formula is C33H36N6O4S. The van der Waals surface area contributed by atoms with Crippen molar-refractivity contribution < 1.29 is 19.5 Å². The van der Waals surface area contributed by atoms with E-state index in [1.54, 1.807) is 31.1 Å². The van der Waals surface area contributed by atoms with Crippen LogP contribution in [0.3, 0.4) is 0 Å². The van der Waals surface area contributed by atoms with Crippen LogP contribution in [0.15, 0.2) is 78.9 Å². The Morgan fingerprint density at radius 2 is 1.75 bits per heavy atom. The molecule has 11 heteroatoms. The number of aliphatic hydroxyl groups is 1. The third-order valence-corrected chi connectivity index (χ3v) is 11.1. The van der Waals surface area contributed by atoms with Gasteiger partial charge in [0.1, 0.15) is 18.2 Å². The first-order valence-electron chi connectivity index (χ1n) is 15.2. The summed E-state index contributed by atoms with van der Waals surface area (Å²) in [5.74, 6) is -1.79. The van der Waals surface area contributed by atoms with Gasteiger partial charge in [0.05, 0.1) is 34.7 Å². The van der Waals surface area contributed by atoms with Crippen molar-refractivity contribution in [3.8, 4) is 0 Å². The summed E-state index contributed by atoms with van der Waals surface area (Å²) in [4.78, 5) is 48.9. The lowest BCUT2D eigenvalue weighted by molar-refractivity contribution is -0.146. The average Bonchev–Trinajstić information content (AvgIpc) is 3.58. The lowest BCUT2D eigenvalue weighted by atomic mass is 9.78. The number of thioether (sulfide) groups is 1. The van der Waals surface area contributed by atoms with E-state index < -0.39 is 28.7 Å².